The van der Waals surface area contributed by atoms with Gasteiger partial charge in [-0.3, -0.25) is 43.5 Å². The van der Waals surface area contributed by atoms with E-state index in [-0.39, 0.29) is 35.4 Å². The van der Waals surface area contributed by atoms with E-state index >= 15 is 0 Å². The number of fused-ring (bicyclic) bond motifs is 19. The number of carbonyl (C=O) groups excluding carboxylic acids is 6. The summed E-state index contributed by atoms with van der Waals surface area (Å²) >= 11 is 0. The Balaban J connectivity index is 1.36. The Bertz CT molecular complexity index is 1150. The first kappa shape index (κ1) is 19.4. The van der Waals surface area contributed by atoms with Crippen LogP contribution in [-0.2, 0) is 38.2 Å². The predicted octanol–water partition coefficient (Wildman–Crippen LogP) is -2.22. The van der Waals surface area contributed by atoms with Gasteiger partial charge in [-0.05, 0) is 11.1 Å². The van der Waals surface area contributed by atoms with Gasteiger partial charge in [0.25, 0.3) is 0 Å². The first-order chi connectivity index (χ1) is 16.2. The molecule has 11 nitrogen and oxygen atoms in total. The van der Waals surface area contributed by atoms with Crippen LogP contribution in [0, 0.1) is 47.3 Å². The molecule has 0 aromatic heterocycles. The molecule has 0 aromatic carbocycles. The molecule has 4 bridgehead atoms. The zero-order chi connectivity index (χ0) is 23.7. The van der Waals surface area contributed by atoms with Gasteiger partial charge in [0.15, 0.2) is 0 Å². The van der Waals surface area contributed by atoms with Gasteiger partial charge in [0, 0.05) is 33.0 Å². The van der Waals surface area contributed by atoms with Crippen LogP contribution in [0.4, 0.5) is 0 Å². The maximum absolute atomic E-state index is 13.4. The molecule has 1 aliphatic carbocycles. The average molecular weight is 467 g/mol. The number of nitrogens with zero attached hydrogens (tertiary/aromatic N) is 3. The molecule has 7 heterocycles. The molecular formula is C23H21N3O8. The van der Waals surface area contributed by atoms with Gasteiger partial charge in [-0.2, -0.15) is 0 Å². The smallest absolute Gasteiger partial charge is 0.235 e. The molecule has 0 saturated carbocycles. The molecule has 0 radical (unpaired) electrons. The van der Waals surface area contributed by atoms with Crippen molar-refractivity contribution in [1.82, 2.24) is 14.7 Å². The SMILES string of the molecule is CN1C(=O)[C@@H]2[C@H](C1=O)[C@@H]1C(=C3[C@H]2[C@@H]2O[C@H]3[C@@H]3C(=O)N(C)C(=O)[C@H]23)[C@@H]2O[C@H]1[C@H]1C(=O)N(C)C(=O)[C@H]12. The Morgan fingerprint density at radius 1 is 0.441 bits per heavy atom. The van der Waals surface area contributed by atoms with Crippen LogP contribution in [0.1, 0.15) is 0 Å². The van der Waals surface area contributed by atoms with Crippen molar-refractivity contribution >= 4 is 35.4 Å². The maximum atomic E-state index is 13.4. The van der Waals surface area contributed by atoms with Crippen LogP contribution < -0.4 is 0 Å². The minimum atomic E-state index is -0.739. The lowest BCUT2D eigenvalue weighted by Gasteiger charge is -2.44. The molecule has 12 atom stereocenters. The highest BCUT2D eigenvalue weighted by molar-refractivity contribution is 6.10. The minimum Gasteiger partial charge on any atom is -0.368 e. The fourth-order valence-electron chi connectivity index (χ4n) is 8.74. The molecule has 34 heavy (non-hydrogen) atoms. The number of imide groups is 3. The van der Waals surface area contributed by atoms with Crippen molar-refractivity contribution in [3.8, 4) is 0 Å². The van der Waals surface area contributed by atoms with Crippen molar-refractivity contribution in [3.05, 3.63) is 11.1 Å². The van der Waals surface area contributed by atoms with Gasteiger partial charge in [0.05, 0.1) is 59.9 Å². The summed E-state index contributed by atoms with van der Waals surface area (Å²) in [6.07, 6.45) is -2.76. The van der Waals surface area contributed by atoms with Crippen molar-refractivity contribution in [3.63, 3.8) is 0 Å². The molecule has 0 unspecified atom stereocenters. The van der Waals surface area contributed by atoms with Gasteiger partial charge in [-0.25, -0.2) is 0 Å². The van der Waals surface area contributed by atoms with E-state index in [9.17, 15) is 28.8 Å². The summed E-state index contributed by atoms with van der Waals surface area (Å²) in [6.45, 7) is 0. The molecule has 11 heteroatoms. The number of rotatable bonds is 0. The number of hydrogen-bond donors (Lipinski definition) is 0. The second-order valence-electron chi connectivity index (χ2n) is 10.9. The fourth-order valence-corrected chi connectivity index (χ4v) is 8.74. The Labute approximate surface area is 193 Å². The van der Waals surface area contributed by atoms with Crippen LogP contribution in [0.5, 0.6) is 0 Å². The van der Waals surface area contributed by atoms with E-state index in [4.69, 9.17) is 9.47 Å². The predicted molar refractivity (Wildman–Crippen MR) is 106 cm³/mol. The summed E-state index contributed by atoms with van der Waals surface area (Å²) < 4.78 is 12.5. The molecule has 6 amide bonds. The molecule has 7 saturated heterocycles. The average Bonchev–Trinajstić information content (AvgIpc) is 3.66. The highest BCUT2D eigenvalue weighted by Gasteiger charge is 2.78. The number of likely N-dealkylation sites (tertiary alicyclic amines) is 3. The molecule has 176 valence electrons. The van der Waals surface area contributed by atoms with Gasteiger partial charge in [0.2, 0.25) is 35.4 Å². The van der Waals surface area contributed by atoms with Gasteiger partial charge >= 0.3 is 0 Å². The van der Waals surface area contributed by atoms with Crippen LogP contribution in [0.15, 0.2) is 11.1 Å². The third kappa shape index (κ3) is 1.67. The lowest BCUT2D eigenvalue weighted by Crippen LogP contribution is -2.52. The quantitative estimate of drug-likeness (QED) is 0.289. The highest BCUT2D eigenvalue weighted by Crippen LogP contribution is 2.68. The second kappa shape index (κ2) is 5.49. The van der Waals surface area contributed by atoms with E-state index < -0.39 is 71.8 Å². The zero-order valence-electron chi connectivity index (χ0n) is 18.5. The van der Waals surface area contributed by atoms with E-state index in [0.717, 1.165) is 25.8 Å². The van der Waals surface area contributed by atoms with E-state index in [1.54, 1.807) is 0 Å². The Morgan fingerprint density at radius 2 is 0.735 bits per heavy atom. The first-order valence-corrected chi connectivity index (χ1v) is 11.7. The molecule has 8 aliphatic rings. The summed E-state index contributed by atoms with van der Waals surface area (Å²) in [5.74, 6) is -7.20. The number of carbonyl (C=O) groups is 6. The fraction of sp³-hybridized carbons (Fsp3) is 0.652. The summed E-state index contributed by atoms with van der Waals surface area (Å²) in [6, 6.07) is 0. The van der Waals surface area contributed by atoms with Crippen LogP contribution in [0.3, 0.4) is 0 Å². The van der Waals surface area contributed by atoms with E-state index in [2.05, 4.69) is 0 Å². The van der Waals surface area contributed by atoms with Crippen molar-refractivity contribution in [2.45, 2.75) is 24.4 Å². The molecule has 0 spiro atoms. The lowest BCUT2D eigenvalue weighted by molar-refractivity contribution is -0.143. The highest BCUT2D eigenvalue weighted by atomic mass is 16.5. The van der Waals surface area contributed by atoms with Gasteiger partial charge in [-0.1, -0.05) is 0 Å². The summed E-state index contributed by atoms with van der Waals surface area (Å²) in [5, 5.41) is 0. The molecule has 0 aromatic rings. The maximum Gasteiger partial charge on any atom is 0.235 e. The van der Waals surface area contributed by atoms with Crippen molar-refractivity contribution in [2.75, 3.05) is 21.1 Å². The van der Waals surface area contributed by atoms with Crippen molar-refractivity contribution < 1.29 is 38.2 Å². The summed E-state index contributed by atoms with van der Waals surface area (Å²) in [5.41, 5.74) is 1.51. The summed E-state index contributed by atoms with van der Waals surface area (Å²) in [7, 11) is 4.36. The first-order valence-electron chi connectivity index (χ1n) is 11.7. The second-order valence-corrected chi connectivity index (χ2v) is 10.9. The largest absolute Gasteiger partial charge is 0.368 e. The topological polar surface area (TPSA) is 131 Å². The standard InChI is InChI=1S/C23H21N3O8/c1-24-18(27)8-6-4(14-10-12(16(6)33-14)22(31)25(2)20(10)29)5-7(9(8)19(24)28)17-13-11(15(5)34-17)21(30)26(3)23(13)32/h6-17H,1-3H3/t6-,7+,8+,9-,10-,11-,12+,13+,14-,15+,16+,17-/m1/s1. The Kier molecular flexibility index (Phi) is 3.13. The third-order valence-electron chi connectivity index (χ3n) is 9.97. The van der Waals surface area contributed by atoms with E-state index in [0.29, 0.717) is 0 Å². The number of ether oxygens (including phenoxy) is 2. The molecule has 0 N–H and O–H groups in total. The monoisotopic (exact) mass is 467 g/mol. The van der Waals surface area contributed by atoms with Gasteiger partial charge in [-0.15, -0.1) is 0 Å². The van der Waals surface area contributed by atoms with E-state index in [1.165, 1.54) is 21.1 Å². The zero-order valence-corrected chi connectivity index (χ0v) is 18.5. The van der Waals surface area contributed by atoms with Gasteiger partial charge in [0.1, 0.15) is 0 Å². The number of amides is 6. The van der Waals surface area contributed by atoms with Crippen LogP contribution in [-0.4, -0.2) is 95.7 Å². The normalized spacial score (nSPS) is 51.8. The molecule has 7 fully saturated rings. The van der Waals surface area contributed by atoms with Crippen molar-refractivity contribution in [1.29, 1.82) is 0 Å². The lowest BCUT2D eigenvalue weighted by atomic mass is 9.53. The van der Waals surface area contributed by atoms with Crippen LogP contribution in [0.25, 0.3) is 0 Å². The number of hydrogen-bond acceptors (Lipinski definition) is 8. The van der Waals surface area contributed by atoms with Crippen LogP contribution >= 0.6 is 0 Å². The minimum absolute atomic E-state index is 0.313. The summed E-state index contributed by atoms with van der Waals surface area (Å²) in [4.78, 5) is 81.9. The Hall–Kier alpha value is -2.92. The van der Waals surface area contributed by atoms with Crippen LogP contribution in [0.2, 0.25) is 0 Å². The van der Waals surface area contributed by atoms with Crippen molar-refractivity contribution in [2.24, 2.45) is 47.3 Å². The molecule has 7 aliphatic heterocycles. The van der Waals surface area contributed by atoms with Gasteiger partial charge < -0.3 is 9.47 Å². The Morgan fingerprint density at radius 3 is 1.09 bits per heavy atom. The molecular weight excluding hydrogens is 446 g/mol. The van der Waals surface area contributed by atoms with E-state index in [1.807, 2.05) is 0 Å². The molecule has 8 rings (SSSR count). The third-order valence-corrected chi connectivity index (χ3v) is 9.97.